The molecule has 0 amide bonds. The third-order valence-electron chi connectivity index (χ3n) is 4.59. The standard InChI is InChI=1S/C22H24F3N3O/c1-4-5-16-6-8-19-17(10-16)11-21(28-19)20-9-7-18(12-26-20)29-13-14(2)27-15(3)22(23,24)25/h6-10,12,14,27H,3-5,11,13H2,1-2H3/t14-/m0/s1. The zero-order valence-corrected chi connectivity index (χ0v) is 16.5. The van der Waals surface area contributed by atoms with E-state index >= 15 is 0 Å². The fourth-order valence-electron chi connectivity index (χ4n) is 3.13. The summed E-state index contributed by atoms with van der Waals surface area (Å²) in [6.45, 7) is 6.80. The van der Waals surface area contributed by atoms with Crippen molar-refractivity contribution in [2.75, 3.05) is 6.61 Å². The molecule has 1 aliphatic rings. The molecule has 3 rings (SSSR count). The van der Waals surface area contributed by atoms with E-state index in [2.05, 4.69) is 40.9 Å². The molecule has 0 saturated heterocycles. The van der Waals surface area contributed by atoms with Gasteiger partial charge in [-0.15, -0.1) is 0 Å². The lowest BCUT2D eigenvalue weighted by Crippen LogP contribution is -2.36. The molecule has 0 saturated carbocycles. The number of rotatable bonds is 8. The number of benzene rings is 1. The largest absolute Gasteiger partial charge is 0.490 e. The topological polar surface area (TPSA) is 46.5 Å². The maximum Gasteiger partial charge on any atom is 0.430 e. The van der Waals surface area contributed by atoms with Crippen LogP contribution in [0.15, 0.2) is 53.8 Å². The van der Waals surface area contributed by atoms with E-state index < -0.39 is 17.9 Å². The van der Waals surface area contributed by atoms with Crippen LogP contribution in [-0.2, 0) is 12.8 Å². The molecule has 1 aromatic carbocycles. The highest BCUT2D eigenvalue weighted by atomic mass is 19.4. The van der Waals surface area contributed by atoms with Crippen molar-refractivity contribution in [3.8, 4) is 5.75 Å². The number of ether oxygens (including phenoxy) is 1. The number of allylic oxidation sites excluding steroid dienone is 1. The molecule has 0 unspecified atom stereocenters. The summed E-state index contributed by atoms with van der Waals surface area (Å²) in [4.78, 5) is 9.08. The number of halogens is 3. The summed E-state index contributed by atoms with van der Waals surface area (Å²) in [5.74, 6) is 0.487. The van der Waals surface area contributed by atoms with E-state index in [0.29, 0.717) is 5.75 Å². The Labute approximate surface area is 168 Å². The molecule has 1 atom stereocenters. The quantitative estimate of drug-likeness (QED) is 0.664. The number of pyridine rings is 1. The Balaban J connectivity index is 1.56. The number of aliphatic imine (C=N–C) groups is 1. The van der Waals surface area contributed by atoms with Crippen molar-refractivity contribution in [2.24, 2.45) is 4.99 Å². The molecule has 0 bridgehead atoms. The number of nitrogens with one attached hydrogen (secondary N) is 1. The van der Waals surface area contributed by atoms with Gasteiger partial charge in [-0.2, -0.15) is 13.2 Å². The summed E-state index contributed by atoms with van der Waals surface area (Å²) in [5.41, 5.74) is 4.18. The molecule has 0 spiro atoms. The van der Waals surface area contributed by atoms with E-state index in [4.69, 9.17) is 4.74 Å². The van der Waals surface area contributed by atoms with Crippen LogP contribution in [0.1, 0.15) is 37.1 Å². The Hall–Kier alpha value is -2.83. The lowest BCUT2D eigenvalue weighted by atomic mass is 10.0. The molecule has 7 heteroatoms. The third kappa shape index (κ3) is 5.37. The maximum atomic E-state index is 12.5. The first-order valence-electron chi connectivity index (χ1n) is 9.57. The van der Waals surface area contributed by atoms with Gasteiger partial charge in [0.25, 0.3) is 0 Å². The SMILES string of the molecule is C=C(N[C@@H](C)COc1ccc(C2=Nc3ccc(CCC)cc3C2)nc1)C(F)(F)F. The second kappa shape index (κ2) is 8.68. The summed E-state index contributed by atoms with van der Waals surface area (Å²) in [6.07, 6.45) is -0.00588. The Kier molecular flexibility index (Phi) is 6.25. The highest BCUT2D eigenvalue weighted by Crippen LogP contribution is 2.30. The molecule has 154 valence electrons. The van der Waals surface area contributed by atoms with Gasteiger partial charge in [-0.05, 0) is 42.7 Å². The van der Waals surface area contributed by atoms with Crippen molar-refractivity contribution in [3.05, 3.63) is 65.6 Å². The van der Waals surface area contributed by atoms with Gasteiger partial charge < -0.3 is 10.1 Å². The van der Waals surface area contributed by atoms with Gasteiger partial charge in [0.2, 0.25) is 0 Å². The van der Waals surface area contributed by atoms with Gasteiger partial charge in [-0.25, -0.2) is 0 Å². The van der Waals surface area contributed by atoms with E-state index in [9.17, 15) is 13.2 Å². The van der Waals surface area contributed by atoms with Crippen molar-refractivity contribution in [3.63, 3.8) is 0 Å². The molecule has 1 N–H and O–H groups in total. The van der Waals surface area contributed by atoms with Crippen LogP contribution in [0.4, 0.5) is 18.9 Å². The smallest absolute Gasteiger partial charge is 0.430 e. The Bertz CT molecular complexity index is 905. The molecular formula is C22H24F3N3O. The van der Waals surface area contributed by atoms with Gasteiger partial charge in [0.15, 0.2) is 0 Å². The van der Waals surface area contributed by atoms with Crippen LogP contribution in [-0.4, -0.2) is 29.5 Å². The third-order valence-corrected chi connectivity index (χ3v) is 4.59. The zero-order valence-electron chi connectivity index (χ0n) is 16.5. The van der Waals surface area contributed by atoms with E-state index in [0.717, 1.165) is 36.4 Å². The van der Waals surface area contributed by atoms with Crippen LogP contribution >= 0.6 is 0 Å². The number of hydrogen-bond donors (Lipinski definition) is 1. The van der Waals surface area contributed by atoms with E-state index in [1.54, 1.807) is 19.2 Å². The van der Waals surface area contributed by atoms with Crippen molar-refractivity contribution in [1.82, 2.24) is 10.3 Å². The van der Waals surface area contributed by atoms with E-state index in [1.165, 1.54) is 11.1 Å². The number of fused-ring (bicyclic) bond motifs is 1. The van der Waals surface area contributed by atoms with Crippen LogP contribution in [0.3, 0.4) is 0 Å². The van der Waals surface area contributed by atoms with Crippen molar-refractivity contribution < 1.29 is 17.9 Å². The van der Waals surface area contributed by atoms with Crippen LogP contribution in [0.2, 0.25) is 0 Å². The predicted molar refractivity (Wildman–Crippen MR) is 108 cm³/mol. The first-order chi connectivity index (χ1) is 13.8. The van der Waals surface area contributed by atoms with Gasteiger partial charge in [-0.3, -0.25) is 9.98 Å². The molecule has 1 aliphatic heterocycles. The van der Waals surface area contributed by atoms with E-state index in [1.807, 2.05) is 12.1 Å². The van der Waals surface area contributed by atoms with Gasteiger partial charge in [0, 0.05) is 6.42 Å². The normalized spacial score (nSPS) is 14.2. The van der Waals surface area contributed by atoms with Crippen molar-refractivity contribution in [1.29, 1.82) is 0 Å². The molecule has 0 radical (unpaired) electrons. The second-order valence-corrected chi connectivity index (χ2v) is 7.16. The first kappa shape index (κ1) is 20.9. The average molecular weight is 403 g/mol. The Morgan fingerprint density at radius 3 is 2.72 bits per heavy atom. The van der Waals surface area contributed by atoms with Gasteiger partial charge in [-0.1, -0.05) is 32.1 Å². The number of nitrogens with zero attached hydrogens (tertiary/aromatic N) is 2. The lowest BCUT2D eigenvalue weighted by molar-refractivity contribution is -0.0974. The molecule has 1 aromatic heterocycles. The molecule has 4 nitrogen and oxygen atoms in total. The molecular weight excluding hydrogens is 379 g/mol. The maximum absolute atomic E-state index is 12.5. The predicted octanol–water partition coefficient (Wildman–Crippen LogP) is 5.14. The van der Waals surface area contributed by atoms with Crippen LogP contribution in [0, 0.1) is 0 Å². The average Bonchev–Trinajstić information content (AvgIpc) is 3.09. The van der Waals surface area contributed by atoms with Gasteiger partial charge >= 0.3 is 6.18 Å². The number of hydrogen-bond acceptors (Lipinski definition) is 4. The van der Waals surface area contributed by atoms with Gasteiger partial charge in [0.05, 0.1) is 29.3 Å². The highest BCUT2D eigenvalue weighted by molar-refractivity contribution is 6.05. The zero-order chi connectivity index (χ0) is 21.0. The minimum atomic E-state index is -4.46. The van der Waals surface area contributed by atoms with Crippen molar-refractivity contribution in [2.45, 2.75) is 45.3 Å². The summed E-state index contributed by atoms with van der Waals surface area (Å²) in [5, 5.41) is 2.29. The van der Waals surface area contributed by atoms with Crippen LogP contribution in [0.25, 0.3) is 0 Å². The molecule has 2 aromatic rings. The summed E-state index contributed by atoms with van der Waals surface area (Å²) in [7, 11) is 0. The van der Waals surface area contributed by atoms with Crippen LogP contribution < -0.4 is 10.1 Å². The fourth-order valence-corrected chi connectivity index (χ4v) is 3.13. The fraction of sp³-hybridized carbons (Fsp3) is 0.364. The molecule has 0 aliphatic carbocycles. The van der Waals surface area contributed by atoms with Gasteiger partial charge in [0.1, 0.15) is 18.1 Å². The van der Waals surface area contributed by atoms with Crippen molar-refractivity contribution >= 4 is 11.4 Å². The summed E-state index contributed by atoms with van der Waals surface area (Å²) in [6, 6.07) is 9.39. The monoisotopic (exact) mass is 403 g/mol. The van der Waals surface area contributed by atoms with Crippen LogP contribution in [0.5, 0.6) is 5.75 Å². The Morgan fingerprint density at radius 2 is 2.07 bits per heavy atom. The Morgan fingerprint density at radius 1 is 1.28 bits per heavy atom. The van der Waals surface area contributed by atoms with E-state index in [-0.39, 0.29) is 6.61 Å². The summed E-state index contributed by atoms with van der Waals surface area (Å²) >= 11 is 0. The number of aryl methyl sites for hydroxylation is 1. The molecule has 2 heterocycles. The minimum Gasteiger partial charge on any atom is -0.490 e. The lowest BCUT2D eigenvalue weighted by Gasteiger charge is -2.19. The molecule has 29 heavy (non-hydrogen) atoms. The first-order valence-corrected chi connectivity index (χ1v) is 9.57. The highest BCUT2D eigenvalue weighted by Gasteiger charge is 2.32. The second-order valence-electron chi connectivity index (χ2n) is 7.16. The number of aromatic nitrogens is 1. The summed E-state index contributed by atoms with van der Waals surface area (Å²) < 4.78 is 43.0. The molecule has 0 fully saturated rings. The number of alkyl halides is 3. The minimum absolute atomic E-state index is 0.0583.